The number of benzene rings is 1. The summed E-state index contributed by atoms with van der Waals surface area (Å²) in [5, 5.41) is 12.2. The predicted octanol–water partition coefficient (Wildman–Crippen LogP) is 0.873. The summed E-state index contributed by atoms with van der Waals surface area (Å²) in [5.74, 6) is -0.812. The van der Waals surface area contributed by atoms with Crippen molar-refractivity contribution in [1.82, 2.24) is 24.8 Å². The molecule has 1 aliphatic heterocycles. The molecule has 0 radical (unpaired) electrons. The Bertz CT molecular complexity index is 1170. The SMILES string of the molecule is C=CCN1C(=O)COc2cc(F)c(-n3nnc4c(c(C)nn4C)c3=O)cc21. The summed E-state index contributed by atoms with van der Waals surface area (Å²) in [6.45, 7) is 5.32. The fraction of sp³-hybridized carbons (Fsp3) is 0.235. The highest BCUT2D eigenvalue weighted by Gasteiger charge is 2.27. The third kappa shape index (κ3) is 2.48. The molecule has 0 N–H and O–H groups in total. The van der Waals surface area contributed by atoms with Crippen LogP contribution < -0.4 is 15.2 Å². The standard InChI is InChI=1S/C17H15FN6O3/c1-4-5-23-12-7-11(10(18)6-13(12)27-8-14(23)25)24-17(26)15-9(2)20-22(3)16(15)19-21-24/h4,6-7H,1,5,8H2,2-3H3. The second-order valence-electron chi connectivity index (χ2n) is 6.07. The Balaban J connectivity index is 1.95. The van der Waals surface area contributed by atoms with Gasteiger partial charge in [-0.1, -0.05) is 11.3 Å². The molecular weight excluding hydrogens is 355 g/mol. The van der Waals surface area contributed by atoms with Crippen LogP contribution in [0.15, 0.2) is 29.6 Å². The summed E-state index contributed by atoms with van der Waals surface area (Å²) in [6.07, 6.45) is 1.55. The molecule has 9 nitrogen and oxygen atoms in total. The molecule has 3 aromatic rings. The van der Waals surface area contributed by atoms with Gasteiger partial charge in [-0.15, -0.1) is 11.7 Å². The zero-order chi connectivity index (χ0) is 19.3. The second kappa shape index (κ2) is 6.01. The van der Waals surface area contributed by atoms with E-state index >= 15 is 0 Å². The Morgan fingerprint density at radius 2 is 2.11 bits per heavy atom. The minimum atomic E-state index is -0.723. The van der Waals surface area contributed by atoms with Crippen molar-refractivity contribution in [3.05, 3.63) is 46.7 Å². The van der Waals surface area contributed by atoms with Gasteiger partial charge in [0.1, 0.15) is 16.8 Å². The van der Waals surface area contributed by atoms with Crippen molar-refractivity contribution in [3.63, 3.8) is 0 Å². The van der Waals surface area contributed by atoms with Gasteiger partial charge in [-0.2, -0.15) is 9.78 Å². The number of aromatic nitrogens is 5. The third-order valence-corrected chi connectivity index (χ3v) is 4.34. The van der Waals surface area contributed by atoms with E-state index in [0.29, 0.717) is 17.0 Å². The van der Waals surface area contributed by atoms with Gasteiger partial charge < -0.3 is 9.64 Å². The van der Waals surface area contributed by atoms with Crippen molar-refractivity contribution in [3.8, 4) is 11.4 Å². The van der Waals surface area contributed by atoms with E-state index in [0.717, 1.165) is 10.7 Å². The van der Waals surface area contributed by atoms with Gasteiger partial charge in [-0.05, 0) is 13.0 Å². The van der Waals surface area contributed by atoms with Crippen LogP contribution >= 0.6 is 0 Å². The maximum absolute atomic E-state index is 14.7. The van der Waals surface area contributed by atoms with Crippen molar-refractivity contribution in [2.75, 3.05) is 18.1 Å². The predicted molar refractivity (Wildman–Crippen MR) is 94.6 cm³/mol. The minimum Gasteiger partial charge on any atom is -0.481 e. The molecule has 2 aromatic heterocycles. The average Bonchev–Trinajstić information content (AvgIpc) is 2.93. The minimum absolute atomic E-state index is 0.135. The number of hydrogen-bond acceptors (Lipinski definition) is 6. The Morgan fingerprint density at radius 1 is 1.33 bits per heavy atom. The van der Waals surface area contributed by atoms with Gasteiger partial charge in [0.15, 0.2) is 18.1 Å². The van der Waals surface area contributed by atoms with Crippen molar-refractivity contribution >= 4 is 22.6 Å². The lowest BCUT2D eigenvalue weighted by Crippen LogP contribution is -2.39. The zero-order valence-electron chi connectivity index (χ0n) is 14.6. The fourth-order valence-corrected chi connectivity index (χ4v) is 3.10. The normalized spacial score (nSPS) is 13.6. The smallest absolute Gasteiger partial charge is 0.286 e. The lowest BCUT2D eigenvalue weighted by atomic mass is 10.2. The molecule has 0 spiro atoms. The van der Waals surface area contributed by atoms with Crippen molar-refractivity contribution in [2.24, 2.45) is 7.05 Å². The Hall–Kier alpha value is -3.56. The van der Waals surface area contributed by atoms with Gasteiger partial charge in [0.05, 0.1) is 11.4 Å². The molecular formula is C17H15FN6O3. The molecule has 1 aromatic carbocycles. The number of hydrogen-bond donors (Lipinski definition) is 0. The largest absolute Gasteiger partial charge is 0.481 e. The molecule has 0 aliphatic carbocycles. The van der Waals surface area contributed by atoms with E-state index in [2.05, 4.69) is 22.0 Å². The first kappa shape index (κ1) is 16.9. The first-order valence-corrected chi connectivity index (χ1v) is 8.09. The van der Waals surface area contributed by atoms with Crippen LogP contribution in [0.5, 0.6) is 5.75 Å². The number of rotatable bonds is 3. The molecule has 3 heterocycles. The van der Waals surface area contributed by atoms with Crippen molar-refractivity contribution in [2.45, 2.75) is 6.92 Å². The quantitative estimate of drug-likeness (QED) is 0.635. The molecule has 0 bridgehead atoms. The van der Waals surface area contributed by atoms with Crippen LogP contribution in [0, 0.1) is 12.7 Å². The van der Waals surface area contributed by atoms with Gasteiger partial charge in [-0.3, -0.25) is 9.59 Å². The molecule has 4 rings (SSSR count). The molecule has 0 fully saturated rings. The maximum Gasteiger partial charge on any atom is 0.286 e. The Labute approximate surface area is 152 Å². The topological polar surface area (TPSA) is 95.1 Å². The summed E-state index contributed by atoms with van der Waals surface area (Å²) in [4.78, 5) is 26.4. The summed E-state index contributed by atoms with van der Waals surface area (Å²) < 4.78 is 22.3. The zero-order valence-corrected chi connectivity index (χ0v) is 14.6. The van der Waals surface area contributed by atoms with Gasteiger partial charge >= 0.3 is 0 Å². The highest BCUT2D eigenvalue weighted by Crippen LogP contribution is 2.35. The fourth-order valence-electron chi connectivity index (χ4n) is 3.10. The van der Waals surface area contributed by atoms with Gasteiger partial charge in [0, 0.05) is 19.7 Å². The average molecular weight is 370 g/mol. The van der Waals surface area contributed by atoms with E-state index in [4.69, 9.17) is 4.74 Å². The van der Waals surface area contributed by atoms with Gasteiger partial charge in [0.25, 0.3) is 11.5 Å². The number of halogens is 1. The first-order valence-electron chi connectivity index (χ1n) is 8.09. The van der Waals surface area contributed by atoms with Crippen molar-refractivity contribution in [1.29, 1.82) is 0 Å². The number of ether oxygens (including phenoxy) is 1. The van der Waals surface area contributed by atoms with Gasteiger partial charge in [0.2, 0.25) is 0 Å². The molecule has 1 aliphatic rings. The van der Waals surface area contributed by atoms with Crippen LogP contribution in [0.2, 0.25) is 0 Å². The lowest BCUT2D eigenvalue weighted by Gasteiger charge is -2.29. The summed E-state index contributed by atoms with van der Waals surface area (Å²) in [5.41, 5.74) is 0.413. The number of amides is 1. The second-order valence-corrected chi connectivity index (χ2v) is 6.07. The maximum atomic E-state index is 14.7. The number of nitrogens with zero attached hydrogens (tertiary/aromatic N) is 6. The van der Waals surface area contributed by atoms with E-state index in [1.165, 1.54) is 15.6 Å². The molecule has 0 unspecified atom stereocenters. The molecule has 0 saturated heterocycles. The number of carbonyl (C=O) groups is 1. The van der Waals surface area contributed by atoms with E-state index in [9.17, 15) is 14.0 Å². The molecule has 10 heteroatoms. The van der Waals surface area contributed by atoms with Crippen LogP contribution in [-0.4, -0.2) is 43.8 Å². The van der Waals surface area contributed by atoms with Crippen molar-refractivity contribution < 1.29 is 13.9 Å². The van der Waals surface area contributed by atoms with E-state index in [1.54, 1.807) is 20.0 Å². The highest BCUT2D eigenvalue weighted by molar-refractivity contribution is 5.98. The van der Waals surface area contributed by atoms with E-state index < -0.39 is 11.4 Å². The molecule has 0 saturated carbocycles. The number of fused-ring (bicyclic) bond motifs is 2. The summed E-state index contributed by atoms with van der Waals surface area (Å²) in [6, 6.07) is 2.47. The Morgan fingerprint density at radius 3 is 2.85 bits per heavy atom. The monoisotopic (exact) mass is 370 g/mol. The summed E-state index contributed by atoms with van der Waals surface area (Å²) >= 11 is 0. The lowest BCUT2D eigenvalue weighted by molar-refractivity contribution is -0.121. The third-order valence-electron chi connectivity index (χ3n) is 4.34. The van der Waals surface area contributed by atoms with Crippen LogP contribution in [0.1, 0.15) is 5.69 Å². The number of anilines is 1. The van der Waals surface area contributed by atoms with Crippen LogP contribution in [0.3, 0.4) is 0 Å². The van der Waals surface area contributed by atoms with Crippen LogP contribution in [0.25, 0.3) is 16.7 Å². The van der Waals surface area contributed by atoms with E-state index in [-0.39, 0.29) is 35.9 Å². The molecule has 1 amide bonds. The van der Waals surface area contributed by atoms with Gasteiger partial charge in [-0.25, -0.2) is 9.07 Å². The van der Waals surface area contributed by atoms with Crippen LogP contribution in [0.4, 0.5) is 10.1 Å². The molecule has 27 heavy (non-hydrogen) atoms. The molecule has 0 atom stereocenters. The summed E-state index contributed by atoms with van der Waals surface area (Å²) in [7, 11) is 1.64. The Kier molecular flexibility index (Phi) is 3.76. The number of carbonyl (C=O) groups excluding carboxylic acids is 1. The highest BCUT2D eigenvalue weighted by atomic mass is 19.1. The van der Waals surface area contributed by atoms with Crippen LogP contribution in [-0.2, 0) is 11.8 Å². The number of aryl methyl sites for hydroxylation is 2. The van der Waals surface area contributed by atoms with E-state index in [1.807, 2.05) is 0 Å². The molecule has 138 valence electrons. The first-order chi connectivity index (χ1) is 12.9.